The number of hydrogen-bond donors (Lipinski definition) is 1. The number of nitrogens with two attached hydrogens (primary N) is 1. The second-order valence-corrected chi connectivity index (χ2v) is 6.46. The van der Waals surface area contributed by atoms with Crippen LogP contribution in [0.25, 0.3) is 0 Å². The van der Waals surface area contributed by atoms with E-state index in [9.17, 15) is 4.79 Å². The number of piperidine rings is 1. The zero-order valence-corrected chi connectivity index (χ0v) is 14.3. The Morgan fingerprint density at radius 1 is 1.29 bits per heavy atom. The first-order chi connectivity index (χ1) is 11.7. The summed E-state index contributed by atoms with van der Waals surface area (Å²) in [5, 5.41) is 4.35. The highest BCUT2D eigenvalue weighted by molar-refractivity contribution is 5.43. The van der Waals surface area contributed by atoms with Gasteiger partial charge in [-0.2, -0.15) is 5.10 Å². The van der Waals surface area contributed by atoms with Gasteiger partial charge in [-0.15, -0.1) is 0 Å². The van der Waals surface area contributed by atoms with Gasteiger partial charge < -0.3 is 15.2 Å². The van der Waals surface area contributed by atoms with Crippen LogP contribution in [0.3, 0.4) is 0 Å². The predicted molar refractivity (Wildman–Crippen MR) is 94.1 cm³/mol. The van der Waals surface area contributed by atoms with E-state index in [0.717, 1.165) is 57.0 Å². The fourth-order valence-corrected chi connectivity index (χ4v) is 3.22. The van der Waals surface area contributed by atoms with Gasteiger partial charge in [0.25, 0.3) is 5.56 Å². The van der Waals surface area contributed by atoms with Crippen LogP contribution in [0.1, 0.15) is 25.1 Å². The number of aryl methyl sites for hydroxylation is 3. The van der Waals surface area contributed by atoms with Crippen LogP contribution in [-0.2, 0) is 13.1 Å². The Labute approximate surface area is 142 Å². The SMILES string of the molecule is Cc1nccn1CCCn1ncc(N2CCC(CN)CC2)cc1=O. The maximum atomic E-state index is 12.3. The molecule has 24 heavy (non-hydrogen) atoms. The molecular formula is C17H26N6O. The molecule has 0 radical (unpaired) electrons. The van der Waals surface area contributed by atoms with Crippen molar-refractivity contribution < 1.29 is 0 Å². The zero-order valence-electron chi connectivity index (χ0n) is 14.3. The quantitative estimate of drug-likeness (QED) is 0.855. The maximum absolute atomic E-state index is 12.3. The van der Waals surface area contributed by atoms with Gasteiger partial charge in [0, 0.05) is 44.6 Å². The lowest BCUT2D eigenvalue weighted by Gasteiger charge is -2.32. The van der Waals surface area contributed by atoms with Crippen LogP contribution in [0, 0.1) is 12.8 Å². The molecule has 0 atom stereocenters. The fourth-order valence-electron chi connectivity index (χ4n) is 3.22. The number of imidazole rings is 1. The average molecular weight is 330 g/mol. The molecule has 0 bridgehead atoms. The molecule has 0 saturated carbocycles. The number of hydrogen-bond acceptors (Lipinski definition) is 5. The first-order valence-corrected chi connectivity index (χ1v) is 8.67. The number of anilines is 1. The second kappa shape index (κ2) is 7.61. The molecule has 2 aromatic heterocycles. The van der Waals surface area contributed by atoms with Crippen molar-refractivity contribution in [3.63, 3.8) is 0 Å². The summed E-state index contributed by atoms with van der Waals surface area (Å²) in [6, 6.07) is 1.71. The molecule has 3 rings (SSSR count). The normalized spacial score (nSPS) is 15.8. The van der Waals surface area contributed by atoms with Gasteiger partial charge >= 0.3 is 0 Å². The van der Waals surface area contributed by atoms with E-state index in [1.54, 1.807) is 16.9 Å². The lowest BCUT2D eigenvalue weighted by Crippen LogP contribution is -2.37. The Morgan fingerprint density at radius 3 is 2.71 bits per heavy atom. The van der Waals surface area contributed by atoms with Crippen LogP contribution < -0.4 is 16.2 Å². The minimum absolute atomic E-state index is 0.0317. The van der Waals surface area contributed by atoms with Crippen molar-refractivity contribution in [1.29, 1.82) is 0 Å². The van der Waals surface area contributed by atoms with Crippen LogP contribution in [0.4, 0.5) is 5.69 Å². The monoisotopic (exact) mass is 330 g/mol. The summed E-state index contributed by atoms with van der Waals surface area (Å²) >= 11 is 0. The standard InChI is InChI=1S/C17H26N6O/c1-14-19-5-10-21(14)6-2-7-23-17(24)11-16(13-20-23)22-8-3-15(12-18)4-9-22/h5,10-11,13,15H,2-4,6-9,12,18H2,1H3. The molecule has 0 aromatic carbocycles. The Hall–Kier alpha value is -2.15. The molecule has 1 fully saturated rings. The average Bonchev–Trinajstić information content (AvgIpc) is 3.01. The minimum atomic E-state index is -0.0317. The molecule has 130 valence electrons. The van der Waals surface area contributed by atoms with Crippen molar-refractivity contribution in [2.75, 3.05) is 24.5 Å². The molecule has 0 aliphatic carbocycles. The highest BCUT2D eigenvalue weighted by Crippen LogP contribution is 2.20. The molecular weight excluding hydrogens is 304 g/mol. The van der Waals surface area contributed by atoms with Crippen molar-refractivity contribution in [2.24, 2.45) is 11.7 Å². The summed E-state index contributed by atoms with van der Waals surface area (Å²) in [4.78, 5) is 18.7. The van der Waals surface area contributed by atoms with E-state index in [2.05, 4.69) is 19.5 Å². The third kappa shape index (κ3) is 3.84. The van der Waals surface area contributed by atoms with E-state index in [-0.39, 0.29) is 5.56 Å². The van der Waals surface area contributed by atoms with Crippen molar-refractivity contribution in [1.82, 2.24) is 19.3 Å². The second-order valence-electron chi connectivity index (χ2n) is 6.46. The zero-order chi connectivity index (χ0) is 16.9. The van der Waals surface area contributed by atoms with Crippen molar-refractivity contribution >= 4 is 5.69 Å². The Bertz CT molecular complexity index is 714. The maximum Gasteiger partial charge on any atom is 0.268 e. The molecule has 7 nitrogen and oxygen atoms in total. The smallest absolute Gasteiger partial charge is 0.268 e. The molecule has 1 saturated heterocycles. The molecule has 7 heteroatoms. The van der Waals surface area contributed by atoms with Crippen molar-refractivity contribution in [3.8, 4) is 0 Å². The van der Waals surface area contributed by atoms with E-state index in [1.807, 2.05) is 19.3 Å². The van der Waals surface area contributed by atoms with E-state index in [4.69, 9.17) is 5.73 Å². The largest absolute Gasteiger partial charge is 0.370 e. The van der Waals surface area contributed by atoms with E-state index >= 15 is 0 Å². The third-order valence-corrected chi connectivity index (χ3v) is 4.86. The number of aromatic nitrogens is 4. The van der Waals surface area contributed by atoms with Crippen LogP contribution in [-0.4, -0.2) is 39.0 Å². The lowest BCUT2D eigenvalue weighted by molar-refractivity contribution is 0.413. The first-order valence-electron chi connectivity index (χ1n) is 8.67. The first kappa shape index (κ1) is 16.7. The topological polar surface area (TPSA) is 82.0 Å². The van der Waals surface area contributed by atoms with Crippen LogP contribution in [0.15, 0.2) is 29.5 Å². The van der Waals surface area contributed by atoms with Gasteiger partial charge in [0.1, 0.15) is 5.82 Å². The summed E-state index contributed by atoms with van der Waals surface area (Å²) in [5.74, 6) is 1.60. The predicted octanol–water partition coefficient (Wildman–Crippen LogP) is 1.01. The van der Waals surface area contributed by atoms with Crippen molar-refractivity contribution in [3.05, 3.63) is 40.8 Å². The van der Waals surface area contributed by atoms with Gasteiger partial charge in [-0.25, -0.2) is 9.67 Å². The highest BCUT2D eigenvalue weighted by atomic mass is 16.1. The molecule has 2 N–H and O–H groups in total. The molecule has 0 amide bonds. The van der Waals surface area contributed by atoms with Crippen LogP contribution in [0.5, 0.6) is 0 Å². The number of nitrogens with zero attached hydrogens (tertiary/aromatic N) is 5. The Balaban J connectivity index is 1.57. The summed E-state index contributed by atoms with van der Waals surface area (Å²) in [5.41, 5.74) is 6.63. The van der Waals surface area contributed by atoms with Crippen molar-refractivity contribution in [2.45, 2.75) is 39.3 Å². The van der Waals surface area contributed by atoms with Gasteiger partial charge in [-0.05, 0) is 38.6 Å². The highest BCUT2D eigenvalue weighted by Gasteiger charge is 2.18. The molecule has 0 unspecified atom stereocenters. The van der Waals surface area contributed by atoms with E-state index < -0.39 is 0 Å². The van der Waals surface area contributed by atoms with Crippen LogP contribution in [0.2, 0.25) is 0 Å². The van der Waals surface area contributed by atoms with Gasteiger partial charge in [0.15, 0.2) is 0 Å². The lowest BCUT2D eigenvalue weighted by atomic mass is 9.97. The summed E-state index contributed by atoms with van der Waals surface area (Å²) < 4.78 is 3.63. The summed E-state index contributed by atoms with van der Waals surface area (Å²) in [7, 11) is 0. The molecule has 3 heterocycles. The van der Waals surface area contributed by atoms with Gasteiger partial charge in [-0.3, -0.25) is 4.79 Å². The third-order valence-electron chi connectivity index (χ3n) is 4.86. The van der Waals surface area contributed by atoms with E-state index in [0.29, 0.717) is 12.5 Å². The Kier molecular flexibility index (Phi) is 5.30. The van der Waals surface area contributed by atoms with Crippen LogP contribution >= 0.6 is 0 Å². The molecule has 1 aliphatic rings. The summed E-state index contributed by atoms with van der Waals surface area (Å²) in [6.45, 7) is 6.09. The minimum Gasteiger partial charge on any atom is -0.370 e. The Morgan fingerprint density at radius 2 is 2.08 bits per heavy atom. The molecule has 0 spiro atoms. The van der Waals surface area contributed by atoms with Gasteiger partial charge in [-0.1, -0.05) is 0 Å². The number of rotatable bonds is 6. The van der Waals surface area contributed by atoms with Gasteiger partial charge in [0.05, 0.1) is 11.9 Å². The van der Waals surface area contributed by atoms with E-state index in [1.165, 1.54) is 0 Å². The summed E-state index contributed by atoms with van der Waals surface area (Å²) in [6.07, 6.45) is 8.59. The molecule has 2 aromatic rings. The molecule has 1 aliphatic heterocycles. The fraction of sp³-hybridized carbons (Fsp3) is 0.588. The van der Waals surface area contributed by atoms with Gasteiger partial charge in [0.2, 0.25) is 0 Å².